The van der Waals surface area contributed by atoms with Gasteiger partial charge >= 0.3 is 0 Å². The number of para-hydroxylation sites is 1. The molecule has 0 aromatic heterocycles. The van der Waals surface area contributed by atoms with Gasteiger partial charge in [0.05, 0.1) is 23.2 Å². The lowest BCUT2D eigenvalue weighted by Crippen LogP contribution is -2.36. The number of hydrogen-bond acceptors (Lipinski definition) is 5. The minimum Gasteiger partial charge on any atom is -0.478 e. The van der Waals surface area contributed by atoms with Crippen LogP contribution in [0.2, 0.25) is 5.02 Å². The summed E-state index contributed by atoms with van der Waals surface area (Å²) in [5.74, 6) is -0.531. The number of benzene rings is 2. The maximum Gasteiger partial charge on any atom is 0.265 e. The van der Waals surface area contributed by atoms with Gasteiger partial charge < -0.3 is 15.4 Å². The molecule has 0 bridgehead atoms. The molecular formula is C21H24ClN3O5S. The van der Waals surface area contributed by atoms with Crippen molar-refractivity contribution in [2.75, 3.05) is 29.0 Å². The molecule has 31 heavy (non-hydrogen) atoms. The fourth-order valence-corrected chi connectivity index (χ4v) is 4.32. The molecule has 0 aliphatic carbocycles. The number of rotatable bonds is 6. The summed E-state index contributed by atoms with van der Waals surface area (Å²) >= 11 is 6.04. The van der Waals surface area contributed by atoms with Crippen LogP contribution in [0.5, 0.6) is 5.75 Å². The first kappa shape index (κ1) is 22.9. The van der Waals surface area contributed by atoms with E-state index >= 15 is 0 Å². The molecule has 0 spiro atoms. The van der Waals surface area contributed by atoms with Crippen LogP contribution < -0.4 is 19.7 Å². The normalized spacial score (nSPS) is 16.0. The van der Waals surface area contributed by atoms with Gasteiger partial charge in [-0.1, -0.05) is 30.7 Å². The van der Waals surface area contributed by atoms with Crippen LogP contribution in [0.1, 0.15) is 30.1 Å². The summed E-state index contributed by atoms with van der Waals surface area (Å²) in [6, 6.07) is 11.3. The van der Waals surface area contributed by atoms with Gasteiger partial charge in [0.2, 0.25) is 10.0 Å². The fraction of sp³-hybridized carbons (Fsp3) is 0.333. The van der Waals surface area contributed by atoms with E-state index in [1.165, 1.54) is 16.4 Å². The Morgan fingerprint density at radius 1 is 1.23 bits per heavy atom. The molecule has 1 aliphatic heterocycles. The highest BCUT2D eigenvalue weighted by Gasteiger charge is 2.31. The second-order valence-electron chi connectivity index (χ2n) is 7.13. The van der Waals surface area contributed by atoms with Crippen molar-refractivity contribution in [3.05, 3.63) is 53.1 Å². The van der Waals surface area contributed by atoms with Crippen LogP contribution in [0.4, 0.5) is 11.4 Å². The van der Waals surface area contributed by atoms with Gasteiger partial charge in [-0.25, -0.2) is 8.42 Å². The highest BCUT2D eigenvalue weighted by Crippen LogP contribution is 2.36. The van der Waals surface area contributed by atoms with E-state index in [1.807, 2.05) is 6.92 Å². The van der Waals surface area contributed by atoms with Crippen molar-refractivity contribution in [1.29, 1.82) is 0 Å². The Morgan fingerprint density at radius 3 is 2.68 bits per heavy atom. The van der Waals surface area contributed by atoms with Crippen molar-refractivity contribution in [3.8, 4) is 5.75 Å². The van der Waals surface area contributed by atoms with Crippen LogP contribution in [0.3, 0.4) is 0 Å². The lowest BCUT2D eigenvalue weighted by Gasteiger charge is -2.21. The van der Waals surface area contributed by atoms with E-state index < -0.39 is 22.0 Å². The van der Waals surface area contributed by atoms with E-state index in [2.05, 4.69) is 10.6 Å². The van der Waals surface area contributed by atoms with Crippen LogP contribution >= 0.6 is 11.6 Å². The van der Waals surface area contributed by atoms with Crippen LogP contribution in [-0.4, -0.2) is 45.7 Å². The van der Waals surface area contributed by atoms with Gasteiger partial charge in [-0.3, -0.25) is 13.9 Å². The first-order chi connectivity index (χ1) is 14.7. The summed E-state index contributed by atoms with van der Waals surface area (Å²) < 4.78 is 31.6. The predicted octanol–water partition coefficient (Wildman–Crippen LogP) is 3.04. The van der Waals surface area contributed by atoms with E-state index in [0.717, 1.165) is 12.7 Å². The first-order valence-electron chi connectivity index (χ1n) is 9.82. The second kappa shape index (κ2) is 9.57. The van der Waals surface area contributed by atoms with E-state index in [4.69, 9.17) is 16.3 Å². The number of carbonyl (C=O) groups excluding carboxylic acids is 2. The van der Waals surface area contributed by atoms with Crippen LogP contribution in [0.25, 0.3) is 0 Å². The van der Waals surface area contributed by atoms with Crippen molar-refractivity contribution >= 4 is 44.8 Å². The molecule has 10 heteroatoms. The molecule has 2 N–H and O–H groups in total. The number of halogens is 1. The highest BCUT2D eigenvalue weighted by atomic mass is 35.5. The second-order valence-corrected chi connectivity index (χ2v) is 9.48. The third-order valence-corrected chi connectivity index (χ3v) is 6.13. The monoisotopic (exact) mass is 465 g/mol. The summed E-state index contributed by atoms with van der Waals surface area (Å²) in [5, 5.41) is 5.88. The summed E-state index contributed by atoms with van der Waals surface area (Å²) in [5.41, 5.74) is 0.970. The number of nitrogens with one attached hydrogen (secondary N) is 2. The highest BCUT2D eigenvalue weighted by molar-refractivity contribution is 7.92. The molecule has 1 atom stereocenters. The van der Waals surface area contributed by atoms with E-state index in [9.17, 15) is 18.0 Å². The topological polar surface area (TPSA) is 105 Å². The summed E-state index contributed by atoms with van der Waals surface area (Å²) in [6.07, 6.45) is 1.04. The predicted molar refractivity (Wildman–Crippen MR) is 120 cm³/mol. The smallest absolute Gasteiger partial charge is 0.265 e. The summed E-state index contributed by atoms with van der Waals surface area (Å²) in [6.45, 7) is 2.51. The molecule has 8 nitrogen and oxygen atoms in total. The lowest BCUT2D eigenvalue weighted by atomic mass is 10.1. The van der Waals surface area contributed by atoms with Gasteiger partial charge in [0, 0.05) is 24.5 Å². The average Bonchev–Trinajstić information content (AvgIpc) is 2.91. The summed E-state index contributed by atoms with van der Waals surface area (Å²) in [7, 11) is -3.60. The van der Waals surface area contributed by atoms with Crippen LogP contribution in [0.15, 0.2) is 42.5 Å². The molecule has 0 unspecified atom stereocenters. The number of sulfonamides is 1. The van der Waals surface area contributed by atoms with E-state index in [-0.39, 0.29) is 30.3 Å². The average molecular weight is 466 g/mol. The van der Waals surface area contributed by atoms with Crippen molar-refractivity contribution in [2.24, 2.45) is 0 Å². The Hall–Kier alpha value is -2.78. The quantitative estimate of drug-likeness (QED) is 0.682. The molecule has 2 aromatic carbocycles. The van der Waals surface area contributed by atoms with Crippen LogP contribution in [-0.2, 0) is 14.8 Å². The van der Waals surface area contributed by atoms with E-state index in [1.54, 1.807) is 30.3 Å². The van der Waals surface area contributed by atoms with Gasteiger partial charge in [-0.15, -0.1) is 0 Å². The zero-order valence-electron chi connectivity index (χ0n) is 17.2. The third kappa shape index (κ3) is 5.48. The van der Waals surface area contributed by atoms with Crippen molar-refractivity contribution in [2.45, 2.75) is 25.9 Å². The SMILES string of the molecule is CCCNC(=O)c1ccccc1NC(=O)[C@@H]1CCN(S(C)(=O)=O)c2cc(Cl)ccc2O1. The Morgan fingerprint density at radius 2 is 1.97 bits per heavy atom. The molecule has 0 fully saturated rings. The molecule has 0 saturated carbocycles. The molecule has 2 aromatic rings. The minimum absolute atomic E-state index is 0.0445. The number of fused-ring (bicyclic) bond motifs is 1. The van der Waals surface area contributed by atoms with Gasteiger partial charge in [-0.2, -0.15) is 0 Å². The van der Waals surface area contributed by atoms with Crippen molar-refractivity contribution in [3.63, 3.8) is 0 Å². The Balaban J connectivity index is 1.84. The number of ether oxygens (including phenoxy) is 1. The van der Waals surface area contributed by atoms with E-state index in [0.29, 0.717) is 22.8 Å². The minimum atomic E-state index is -3.60. The molecular weight excluding hydrogens is 442 g/mol. The van der Waals surface area contributed by atoms with Crippen molar-refractivity contribution in [1.82, 2.24) is 5.32 Å². The molecule has 3 rings (SSSR count). The Bertz CT molecular complexity index is 1090. The first-order valence-corrected chi connectivity index (χ1v) is 12.1. The Labute approximate surface area is 186 Å². The van der Waals surface area contributed by atoms with Gasteiger partial charge in [0.15, 0.2) is 6.10 Å². The number of carbonyl (C=O) groups is 2. The van der Waals surface area contributed by atoms with Crippen LogP contribution in [0, 0.1) is 0 Å². The Kier molecular flexibility index (Phi) is 7.07. The molecule has 166 valence electrons. The maximum absolute atomic E-state index is 13.0. The van der Waals surface area contributed by atoms with Gasteiger partial charge in [0.1, 0.15) is 5.75 Å². The molecule has 1 aliphatic rings. The third-order valence-electron chi connectivity index (χ3n) is 4.71. The number of nitrogens with zero attached hydrogens (tertiary/aromatic N) is 1. The standard InChI is InChI=1S/C21H24ClN3O5S/c1-3-11-23-20(26)15-6-4-5-7-16(15)24-21(27)19-10-12-25(31(2,28)29)17-13-14(22)8-9-18(17)30-19/h4-9,13,19H,3,10-12H2,1-2H3,(H,23,26)(H,24,27)/t19-/m0/s1. The molecule has 2 amide bonds. The number of anilines is 2. The van der Waals surface area contributed by atoms with Gasteiger partial charge in [0.25, 0.3) is 11.8 Å². The number of amides is 2. The van der Waals surface area contributed by atoms with Crippen molar-refractivity contribution < 1.29 is 22.7 Å². The maximum atomic E-state index is 13.0. The zero-order chi connectivity index (χ0) is 22.6. The molecule has 0 saturated heterocycles. The molecule has 0 radical (unpaired) electrons. The number of hydrogen-bond donors (Lipinski definition) is 2. The van der Waals surface area contributed by atoms with Gasteiger partial charge in [-0.05, 0) is 36.8 Å². The fourth-order valence-electron chi connectivity index (χ4n) is 3.22. The summed E-state index contributed by atoms with van der Waals surface area (Å²) in [4.78, 5) is 25.4. The molecule has 1 heterocycles. The zero-order valence-corrected chi connectivity index (χ0v) is 18.8. The largest absolute Gasteiger partial charge is 0.478 e. The lowest BCUT2D eigenvalue weighted by molar-refractivity contribution is -0.122.